The van der Waals surface area contributed by atoms with Crippen LogP contribution in [0, 0.1) is 23.0 Å². The Morgan fingerprint density at radius 3 is 2.66 bits per heavy atom. The van der Waals surface area contributed by atoms with Crippen molar-refractivity contribution in [3.05, 3.63) is 56.3 Å². The summed E-state index contributed by atoms with van der Waals surface area (Å²) in [5.74, 6) is -1.20. The van der Waals surface area contributed by atoms with Crippen molar-refractivity contribution < 1.29 is 14.5 Å². The lowest BCUT2D eigenvalue weighted by Gasteiger charge is -2.31. The first-order valence-corrected chi connectivity index (χ1v) is 10.4. The Morgan fingerprint density at radius 1 is 1.24 bits per heavy atom. The minimum atomic E-state index is -0.816. The zero-order chi connectivity index (χ0) is 20.8. The topological polar surface area (TPSA) is 105 Å². The number of rotatable bonds is 6. The van der Waals surface area contributed by atoms with E-state index in [1.807, 2.05) is 0 Å². The van der Waals surface area contributed by atoms with E-state index in [0.717, 1.165) is 32.5 Å². The highest BCUT2D eigenvalue weighted by molar-refractivity contribution is 7.09. The maximum Gasteiger partial charge on any atom is 0.313 e. The van der Waals surface area contributed by atoms with Crippen LogP contribution in [0.4, 0.5) is 11.4 Å². The number of nitro groups is 1. The van der Waals surface area contributed by atoms with Gasteiger partial charge in [0.25, 0.3) is 5.69 Å². The Hall–Kier alpha value is -2.78. The van der Waals surface area contributed by atoms with E-state index in [1.54, 1.807) is 18.3 Å². The standard InChI is InChI=1S/C20H24N4O4S/c1-14-4-5-16(24(27)28)11-18(14)22-20(26)19(25)21-12-15-6-8-23(9-7-15)13-17-3-2-10-29-17/h2-5,10-11,15H,6-9,12-13H2,1H3,(H,21,25)(H,22,26). The molecule has 1 aromatic heterocycles. The van der Waals surface area contributed by atoms with Gasteiger partial charge in [-0.3, -0.25) is 24.6 Å². The monoisotopic (exact) mass is 416 g/mol. The van der Waals surface area contributed by atoms with Gasteiger partial charge in [0.15, 0.2) is 0 Å². The summed E-state index contributed by atoms with van der Waals surface area (Å²) in [6, 6.07) is 8.34. The van der Waals surface area contributed by atoms with Crippen LogP contribution in [0.25, 0.3) is 0 Å². The van der Waals surface area contributed by atoms with Crippen molar-refractivity contribution in [1.29, 1.82) is 0 Å². The zero-order valence-electron chi connectivity index (χ0n) is 16.2. The van der Waals surface area contributed by atoms with E-state index in [1.165, 1.54) is 23.1 Å². The van der Waals surface area contributed by atoms with Crippen LogP contribution in [0.2, 0.25) is 0 Å². The smallest absolute Gasteiger partial charge is 0.313 e. The second-order valence-electron chi connectivity index (χ2n) is 7.22. The van der Waals surface area contributed by atoms with Gasteiger partial charge in [0, 0.05) is 30.1 Å². The predicted molar refractivity (Wildman–Crippen MR) is 112 cm³/mol. The van der Waals surface area contributed by atoms with E-state index in [4.69, 9.17) is 0 Å². The second kappa shape index (κ2) is 9.62. The third kappa shape index (κ3) is 5.85. The Bertz CT molecular complexity index is 877. The number of nitrogens with zero attached hydrogens (tertiary/aromatic N) is 2. The first kappa shape index (κ1) is 20.9. The minimum absolute atomic E-state index is 0.138. The number of benzene rings is 1. The summed E-state index contributed by atoms with van der Waals surface area (Å²) in [4.78, 5) is 38.4. The van der Waals surface area contributed by atoms with E-state index in [2.05, 4.69) is 33.0 Å². The van der Waals surface area contributed by atoms with E-state index in [0.29, 0.717) is 18.0 Å². The van der Waals surface area contributed by atoms with Gasteiger partial charge in [-0.2, -0.15) is 0 Å². The summed E-state index contributed by atoms with van der Waals surface area (Å²) in [7, 11) is 0. The van der Waals surface area contributed by atoms with Crippen LogP contribution < -0.4 is 10.6 Å². The van der Waals surface area contributed by atoms with Gasteiger partial charge in [-0.25, -0.2) is 0 Å². The van der Waals surface area contributed by atoms with E-state index in [9.17, 15) is 19.7 Å². The Balaban J connectivity index is 1.43. The van der Waals surface area contributed by atoms with Gasteiger partial charge in [0.05, 0.1) is 10.6 Å². The van der Waals surface area contributed by atoms with Gasteiger partial charge >= 0.3 is 11.8 Å². The molecule has 0 bridgehead atoms. The van der Waals surface area contributed by atoms with Gasteiger partial charge < -0.3 is 10.6 Å². The second-order valence-corrected chi connectivity index (χ2v) is 8.25. The molecule has 9 heteroatoms. The maximum absolute atomic E-state index is 12.1. The van der Waals surface area contributed by atoms with Gasteiger partial charge in [-0.05, 0) is 55.8 Å². The van der Waals surface area contributed by atoms with Crippen molar-refractivity contribution in [3.63, 3.8) is 0 Å². The van der Waals surface area contributed by atoms with Crippen LogP contribution >= 0.6 is 11.3 Å². The van der Waals surface area contributed by atoms with Crippen molar-refractivity contribution >= 4 is 34.5 Å². The number of aryl methyl sites for hydroxylation is 1. The minimum Gasteiger partial charge on any atom is -0.348 e. The molecule has 0 radical (unpaired) electrons. The maximum atomic E-state index is 12.1. The molecule has 1 aliphatic heterocycles. The summed E-state index contributed by atoms with van der Waals surface area (Å²) in [6.07, 6.45) is 1.94. The third-order valence-corrected chi connectivity index (χ3v) is 5.97. The van der Waals surface area contributed by atoms with E-state index < -0.39 is 16.7 Å². The van der Waals surface area contributed by atoms with E-state index >= 15 is 0 Å². The molecule has 2 amide bonds. The average Bonchev–Trinajstić information content (AvgIpc) is 3.21. The van der Waals surface area contributed by atoms with Crippen LogP contribution in [0.1, 0.15) is 23.3 Å². The van der Waals surface area contributed by atoms with Crippen molar-refractivity contribution in [1.82, 2.24) is 10.2 Å². The summed E-state index contributed by atoms with van der Waals surface area (Å²) >= 11 is 1.76. The molecule has 0 unspecified atom stereocenters. The Labute approximate surface area is 173 Å². The highest BCUT2D eigenvalue weighted by Crippen LogP contribution is 2.22. The van der Waals surface area contributed by atoms with Gasteiger partial charge in [-0.15, -0.1) is 11.3 Å². The molecule has 1 aromatic carbocycles. The molecular weight excluding hydrogens is 392 g/mol. The molecule has 1 aliphatic rings. The fraction of sp³-hybridized carbons (Fsp3) is 0.400. The number of carbonyl (C=O) groups is 2. The third-order valence-electron chi connectivity index (χ3n) is 5.10. The van der Waals surface area contributed by atoms with Crippen molar-refractivity contribution in [2.45, 2.75) is 26.3 Å². The number of hydrogen-bond acceptors (Lipinski definition) is 6. The number of carbonyl (C=O) groups excluding carboxylic acids is 2. The molecule has 2 heterocycles. The van der Waals surface area contributed by atoms with E-state index in [-0.39, 0.29) is 11.4 Å². The number of anilines is 1. The quantitative estimate of drug-likeness (QED) is 0.428. The lowest BCUT2D eigenvalue weighted by molar-refractivity contribution is -0.384. The van der Waals surface area contributed by atoms with Gasteiger partial charge in [-0.1, -0.05) is 12.1 Å². The number of amides is 2. The van der Waals surface area contributed by atoms with Crippen molar-refractivity contribution in [2.24, 2.45) is 5.92 Å². The number of nitrogens with one attached hydrogen (secondary N) is 2. The van der Waals surface area contributed by atoms with Crippen molar-refractivity contribution in [3.8, 4) is 0 Å². The van der Waals surface area contributed by atoms with Crippen molar-refractivity contribution in [2.75, 3.05) is 25.0 Å². The van der Waals surface area contributed by atoms with Crippen LogP contribution in [0.5, 0.6) is 0 Å². The molecular formula is C20H24N4O4S. The van der Waals surface area contributed by atoms with Gasteiger partial charge in [0.2, 0.25) is 0 Å². The summed E-state index contributed by atoms with van der Waals surface area (Å²) < 4.78 is 0. The lowest BCUT2D eigenvalue weighted by Crippen LogP contribution is -2.41. The number of thiophene rings is 1. The summed E-state index contributed by atoms with van der Waals surface area (Å²) in [5.41, 5.74) is 0.775. The summed E-state index contributed by atoms with van der Waals surface area (Å²) in [6.45, 7) is 5.06. The Morgan fingerprint density at radius 2 is 2.00 bits per heavy atom. The molecule has 2 N–H and O–H groups in total. The molecule has 0 aliphatic carbocycles. The summed E-state index contributed by atoms with van der Waals surface area (Å²) in [5, 5.41) is 18.1. The van der Waals surface area contributed by atoms with Crippen LogP contribution in [0.15, 0.2) is 35.7 Å². The zero-order valence-corrected chi connectivity index (χ0v) is 17.0. The highest BCUT2D eigenvalue weighted by atomic mass is 32.1. The Kier molecular flexibility index (Phi) is 6.95. The fourth-order valence-corrected chi connectivity index (χ4v) is 4.07. The number of piperidine rings is 1. The molecule has 8 nitrogen and oxygen atoms in total. The average molecular weight is 417 g/mol. The molecule has 154 valence electrons. The lowest BCUT2D eigenvalue weighted by atomic mass is 9.97. The molecule has 3 rings (SSSR count). The number of hydrogen-bond donors (Lipinski definition) is 2. The van der Waals surface area contributed by atoms with Crippen LogP contribution in [-0.4, -0.2) is 41.3 Å². The van der Waals surface area contributed by atoms with Gasteiger partial charge in [0.1, 0.15) is 0 Å². The SMILES string of the molecule is Cc1ccc([N+](=O)[O-])cc1NC(=O)C(=O)NCC1CCN(Cc2cccs2)CC1. The van der Waals surface area contributed by atoms with Crippen LogP contribution in [0.3, 0.4) is 0 Å². The fourth-order valence-electron chi connectivity index (χ4n) is 3.33. The molecule has 0 spiro atoms. The highest BCUT2D eigenvalue weighted by Gasteiger charge is 2.22. The first-order chi connectivity index (χ1) is 13.9. The molecule has 2 aromatic rings. The number of non-ortho nitro benzene ring substituents is 1. The molecule has 0 atom stereocenters. The molecule has 29 heavy (non-hydrogen) atoms. The molecule has 0 saturated carbocycles. The first-order valence-electron chi connectivity index (χ1n) is 9.51. The number of likely N-dealkylation sites (tertiary alicyclic amines) is 1. The molecule has 1 saturated heterocycles. The molecule has 1 fully saturated rings. The largest absolute Gasteiger partial charge is 0.348 e. The van der Waals surface area contributed by atoms with Crippen LogP contribution in [-0.2, 0) is 16.1 Å². The predicted octanol–water partition coefficient (Wildman–Crippen LogP) is 2.93. The number of nitro benzene ring substituents is 1. The normalized spacial score (nSPS) is 15.1.